The molecule has 0 saturated carbocycles. The summed E-state index contributed by atoms with van der Waals surface area (Å²) in [5, 5.41) is 12.3. The first kappa shape index (κ1) is 9.84. The average molecular weight is 245 g/mol. The van der Waals surface area contributed by atoms with Crippen LogP contribution in [0.1, 0.15) is 0 Å². The number of halogens is 2. The van der Waals surface area contributed by atoms with Crippen LogP contribution in [0.5, 0.6) is 5.75 Å². The summed E-state index contributed by atoms with van der Waals surface area (Å²) in [4.78, 5) is 0.809. The second-order valence-corrected chi connectivity index (χ2v) is 4.49. The molecule has 72 valence electrons. The van der Waals surface area contributed by atoms with Crippen LogP contribution in [-0.2, 0) is 0 Å². The van der Waals surface area contributed by atoms with Crippen molar-refractivity contribution < 1.29 is 5.11 Å². The number of rotatable bonds is 1. The maximum Gasteiger partial charge on any atom is 0.134 e. The summed E-state index contributed by atoms with van der Waals surface area (Å²) in [6.07, 6.45) is 0. The molecule has 0 bridgehead atoms. The molecule has 1 N–H and O–H groups in total. The van der Waals surface area contributed by atoms with E-state index in [2.05, 4.69) is 0 Å². The molecule has 4 heteroatoms. The van der Waals surface area contributed by atoms with Crippen LogP contribution in [0.25, 0.3) is 10.4 Å². The first-order chi connectivity index (χ1) is 6.68. The molecule has 0 aliphatic rings. The van der Waals surface area contributed by atoms with Gasteiger partial charge in [-0.05, 0) is 29.1 Å². The van der Waals surface area contributed by atoms with E-state index in [1.54, 1.807) is 18.2 Å². The fourth-order valence-electron chi connectivity index (χ4n) is 1.16. The minimum atomic E-state index is 0.272. The molecule has 0 aliphatic carbocycles. The monoisotopic (exact) mass is 244 g/mol. The van der Waals surface area contributed by atoms with Crippen LogP contribution in [-0.4, -0.2) is 5.11 Å². The summed E-state index contributed by atoms with van der Waals surface area (Å²) < 4.78 is 0. The van der Waals surface area contributed by atoms with Crippen LogP contribution in [0.15, 0.2) is 29.6 Å². The zero-order valence-corrected chi connectivity index (χ0v) is 9.33. The highest BCUT2D eigenvalue weighted by Gasteiger charge is 2.07. The van der Waals surface area contributed by atoms with Gasteiger partial charge in [-0.15, -0.1) is 11.3 Å². The van der Waals surface area contributed by atoms with Gasteiger partial charge in [0.15, 0.2) is 0 Å². The van der Waals surface area contributed by atoms with Crippen LogP contribution in [0.4, 0.5) is 0 Å². The molecule has 0 aliphatic heterocycles. The molecule has 1 aromatic carbocycles. The lowest BCUT2D eigenvalue weighted by molar-refractivity contribution is 0.479. The lowest BCUT2D eigenvalue weighted by atomic mass is 10.2. The van der Waals surface area contributed by atoms with Gasteiger partial charge in [-0.2, -0.15) is 0 Å². The van der Waals surface area contributed by atoms with Gasteiger partial charge < -0.3 is 5.11 Å². The molecule has 2 aromatic rings. The number of thiophene rings is 1. The van der Waals surface area contributed by atoms with Crippen molar-refractivity contribution >= 4 is 34.5 Å². The standard InChI is InChI=1S/C10H6Cl2OS/c11-7-2-1-6(5-8(7)12)10-9(13)3-4-14-10/h1-5,13H. The van der Waals surface area contributed by atoms with Crippen molar-refractivity contribution in [3.8, 4) is 16.2 Å². The molecule has 0 saturated heterocycles. The summed E-state index contributed by atoms with van der Waals surface area (Å²) in [5.41, 5.74) is 0.881. The molecule has 1 nitrogen and oxygen atoms in total. The Hall–Kier alpha value is -0.700. The first-order valence-corrected chi connectivity index (χ1v) is 5.54. The third-order valence-electron chi connectivity index (χ3n) is 1.83. The summed E-state index contributed by atoms with van der Waals surface area (Å²) >= 11 is 13.1. The van der Waals surface area contributed by atoms with Crippen LogP contribution < -0.4 is 0 Å². The normalized spacial score (nSPS) is 10.4. The number of benzene rings is 1. The lowest BCUT2D eigenvalue weighted by Gasteiger charge is -2.01. The Kier molecular flexibility index (Phi) is 2.68. The maximum absolute atomic E-state index is 9.50. The number of hydrogen-bond donors (Lipinski definition) is 1. The molecule has 1 heterocycles. The van der Waals surface area contributed by atoms with Crippen LogP contribution in [0.3, 0.4) is 0 Å². The molecule has 0 unspecified atom stereocenters. The Bertz CT molecular complexity index is 465. The van der Waals surface area contributed by atoms with E-state index in [9.17, 15) is 5.11 Å². The van der Waals surface area contributed by atoms with Gasteiger partial charge in [-0.3, -0.25) is 0 Å². The van der Waals surface area contributed by atoms with E-state index in [4.69, 9.17) is 23.2 Å². The van der Waals surface area contributed by atoms with Crippen LogP contribution in [0.2, 0.25) is 10.0 Å². The quantitative estimate of drug-likeness (QED) is 0.788. The SMILES string of the molecule is Oc1ccsc1-c1ccc(Cl)c(Cl)c1. The molecular weight excluding hydrogens is 239 g/mol. The van der Waals surface area contributed by atoms with Gasteiger partial charge in [-0.25, -0.2) is 0 Å². The summed E-state index contributed by atoms with van der Waals surface area (Å²) in [6.45, 7) is 0. The first-order valence-electron chi connectivity index (χ1n) is 3.90. The van der Waals surface area contributed by atoms with Gasteiger partial charge >= 0.3 is 0 Å². The van der Waals surface area contributed by atoms with E-state index in [0.29, 0.717) is 10.0 Å². The third kappa shape index (κ3) is 1.73. The van der Waals surface area contributed by atoms with Gasteiger partial charge in [0, 0.05) is 0 Å². The highest BCUT2D eigenvalue weighted by Crippen LogP contribution is 2.37. The summed E-state index contributed by atoms with van der Waals surface area (Å²) in [5.74, 6) is 0.272. The van der Waals surface area contributed by atoms with Crippen molar-refractivity contribution in [2.75, 3.05) is 0 Å². The molecule has 0 spiro atoms. The molecule has 1 aromatic heterocycles. The minimum Gasteiger partial charge on any atom is -0.506 e. The summed E-state index contributed by atoms with van der Waals surface area (Å²) in [7, 11) is 0. The Morgan fingerprint density at radius 1 is 1.07 bits per heavy atom. The second kappa shape index (κ2) is 3.81. The van der Waals surface area contributed by atoms with E-state index >= 15 is 0 Å². The van der Waals surface area contributed by atoms with Crippen LogP contribution >= 0.6 is 34.5 Å². The maximum atomic E-state index is 9.50. The zero-order valence-electron chi connectivity index (χ0n) is 7.00. The van der Waals surface area contributed by atoms with Gasteiger partial charge in [0.05, 0.1) is 14.9 Å². The van der Waals surface area contributed by atoms with Crippen molar-refractivity contribution in [2.45, 2.75) is 0 Å². The van der Waals surface area contributed by atoms with E-state index in [0.717, 1.165) is 10.4 Å². The molecule has 14 heavy (non-hydrogen) atoms. The molecule has 0 radical (unpaired) electrons. The Morgan fingerprint density at radius 2 is 1.86 bits per heavy atom. The minimum absolute atomic E-state index is 0.272. The van der Waals surface area contributed by atoms with E-state index in [-0.39, 0.29) is 5.75 Å². The average Bonchev–Trinajstić information content (AvgIpc) is 2.57. The fraction of sp³-hybridized carbons (Fsp3) is 0. The van der Waals surface area contributed by atoms with Crippen molar-refractivity contribution in [1.29, 1.82) is 0 Å². The molecule has 0 amide bonds. The van der Waals surface area contributed by atoms with Crippen molar-refractivity contribution in [3.63, 3.8) is 0 Å². The predicted molar refractivity (Wildman–Crippen MR) is 61.4 cm³/mol. The van der Waals surface area contributed by atoms with E-state index < -0.39 is 0 Å². The summed E-state index contributed by atoms with van der Waals surface area (Å²) in [6, 6.07) is 6.95. The largest absolute Gasteiger partial charge is 0.506 e. The Morgan fingerprint density at radius 3 is 2.43 bits per heavy atom. The van der Waals surface area contributed by atoms with E-state index in [1.807, 2.05) is 11.4 Å². The second-order valence-electron chi connectivity index (χ2n) is 2.76. The molecular formula is C10H6Cl2OS. The molecule has 0 fully saturated rings. The van der Waals surface area contributed by atoms with Gasteiger partial charge in [-0.1, -0.05) is 29.3 Å². The van der Waals surface area contributed by atoms with Crippen LogP contribution in [0, 0.1) is 0 Å². The lowest BCUT2D eigenvalue weighted by Crippen LogP contribution is -1.74. The van der Waals surface area contributed by atoms with E-state index in [1.165, 1.54) is 11.3 Å². The van der Waals surface area contributed by atoms with Crippen molar-refractivity contribution in [3.05, 3.63) is 39.7 Å². The zero-order chi connectivity index (χ0) is 10.1. The highest BCUT2D eigenvalue weighted by molar-refractivity contribution is 7.14. The van der Waals surface area contributed by atoms with Crippen molar-refractivity contribution in [2.24, 2.45) is 0 Å². The number of aromatic hydroxyl groups is 1. The molecule has 0 atom stereocenters. The Labute approximate surface area is 95.5 Å². The fourth-order valence-corrected chi connectivity index (χ4v) is 2.24. The highest BCUT2D eigenvalue weighted by atomic mass is 35.5. The molecule has 2 rings (SSSR count). The Balaban J connectivity index is 2.53. The van der Waals surface area contributed by atoms with Gasteiger partial charge in [0.2, 0.25) is 0 Å². The third-order valence-corrected chi connectivity index (χ3v) is 3.52. The topological polar surface area (TPSA) is 20.2 Å². The van der Waals surface area contributed by atoms with Gasteiger partial charge in [0.1, 0.15) is 5.75 Å². The van der Waals surface area contributed by atoms with Crippen molar-refractivity contribution in [1.82, 2.24) is 0 Å². The predicted octanol–water partition coefficient (Wildman–Crippen LogP) is 4.43. The van der Waals surface area contributed by atoms with Gasteiger partial charge in [0.25, 0.3) is 0 Å². The number of hydrogen-bond acceptors (Lipinski definition) is 2. The smallest absolute Gasteiger partial charge is 0.134 e.